The lowest BCUT2D eigenvalue weighted by molar-refractivity contribution is -0.432. The molecule has 0 aliphatic carbocycles. The summed E-state index contributed by atoms with van der Waals surface area (Å²) in [5.41, 5.74) is 7.86. The van der Waals surface area contributed by atoms with E-state index in [9.17, 15) is 13.0 Å². The summed E-state index contributed by atoms with van der Waals surface area (Å²) in [6.45, 7) is 5.56. The highest BCUT2D eigenvalue weighted by molar-refractivity contribution is 7.95. The number of aromatic nitrogens is 6. The van der Waals surface area contributed by atoms with Crippen molar-refractivity contribution >= 4 is 95.3 Å². The molecule has 0 aliphatic rings. The molecule has 0 saturated heterocycles. The van der Waals surface area contributed by atoms with Crippen LogP contribution in [0.3, 0.4) is 0 Å². The molecule has 3 N–H and O–H groups in total. The smallest absolute Gasteiger partial charge is 0.282 e. The topological polar surface area (TPSA) is 218 Å². The summed E-state index contributed by atoms with van der Waals surface area (Å²) in [5, 5.41) is 55.1. The Morgan fingerprint density at radius 1 is 0.635 bits per heavy atom. The third kappa shape index (κ3) is 9.65. The highest BCUT2D eigenvalue weighted by Crippen LogP contribution is 2.35. The van der Waals surface area contributed by atoms with Crippen LogP contribution in [0.4, 0.5) is 11.4 Å². The number of nitrogens with zero attached hydrogens (tertiary/aromatic N) is 8. The fourth-order valence-corrected chi connectivity index (χ4v) is 8.46. The summed E-state index contributed by atoms with van der Waals surface area (Å²) in [4.78, 5) is 4.33. The maximum absolute atomic E-state index is 11.5. The summed E-state index contributed by atoms with van der Waals surface area (Å²) in [6.07, 6.45) is 3.79. The first-order chi connectivity index (χ1) is 30.5. The molecule has 63 heavy (non-hydrogen) atoms. The van der Waals surface area contributed by atoms with Crippen LogP contribution in [-0.4, -0.2) is 53.5 Å². The van der Waals surface area contributed by atoms with Crippen LogP contribution in [0.2, 0.25) is 0 Å². The molecule has 9 rings (SSSR count). The standard InChI is InChI=1S/C24H19N5O3S.C19H15N3O6S2/c1-15-3-11-21-17(13-15)5-12-22-24(21)28-29(27-22)20-9-7-18(8-10-20)25-26-19-6-4-16(2)23(14-19)33(30,31)32;1-2-5-12-8-9-13(10-17(12)29-27-25-23)22-20-16-11-18(30-28-26-24)14-6-3-4-7-15(14)19(16)21-22/h3-14H,1-2H3,(H,30,31,32);2-11,23-24H,1H3. The minimum absolute atomic E-state index is 0.186. The van der Waals surface area contributed by atoms with E-state index in [1.807, 2.05) is 85.8 Å². The largest absolute Gasteiger partial charge is 0.294 e. The number of hydrogen-bond donors (Lipinski definition) is 3. The Kier molecular flexibility index (Phi) is 13.0. The highest BCUT2D eigenvalue weighted by atomic mass is 32.2. The Balaban J connectivity index is 0.000000174. The van der Waals surface area contributed by atoms with Crippen LogP contribution in [-0.2, 0) is 28.9 Å². The van der Waals surface area contributed by atoms with E-state index >= 15 is 0 Å². The molecular weight excluding hydrogens is 869 g/mol. The molecule has 17 nitrogen and oxygen atoms in total. The maximum atomic E-state index is 11.5. The van der Waals surface area contributed by atoms with Gasteiger partial charge in [-0.3, -0.25) is 4.55 Å². The Morgan fingerprint density at radius 2 is 1.29 bits per heavy atom. The van der Waals surface area contributed by atoms with Gasteiger partial charge in [0.25, 0.3) is 10.1 Å². The Labute approximate surface area is 367 Å². The van der Waals surface area contributed by atoms with E-state index in [-0.39, 0.29) is 4.90 Å². The summed E-state index contributed by atoms with van der Waals surface area (Å²) in [7, 11) is -4.32. The summed E-state index contributed by atoms with van der Waals surface area (Å²) < 4.78 is 41.5. The molecule has 2 aromatic heterocycles. The van der Waals surface area contributed by atoms with Crippen molar-refractivity contribution in [3.63, 3.8) is 0 Å². The minimum Gasteiger partial charge on any atom is -0.282 e. The Morgan fingerprint density at radius 3 is 2.02 bits per heavy atom. The van der Waals surface area contributed by atoms with Gasteiger partial charge >= 0.3 is 0 Å². The molecule has 0 aliphatic heterocycles. The van der Waals surface area contributed by atoms with E-state index in [2.05, 4.69) is 74.5 Å². The molecule has 0 amide bonds. The van der Waals surface area contributed by atoms with Gasteiger partial charge in [-0.1, -0.05) is 88.5 Å². The normalized spacial score (nSPS) is 12.0. The van der Waals surface area contributed by atoms with E-state index in [1.165, 1.54) is 16.4 Å². The van der Waals surface area contributed by atoms with Crippen molar-refractivity contribution in [3.8, 4) is 11.4 Å². The number of hydrogen-bond acceptors (Lipinski definition) is 16. The molecule has 9 aromatic rings. The summed E-state index contributed by atoms with van der Waals surface area (Å²) in [6, 6.07) is 37.0. The van der Waals surface area contributed by atoms with E-state index < -0.39 is 10.1 Å². The third-order valence-electron chi connectivity index (χ3n) is 9.57. The zero-order valence-corrected chi connectivity index (χ0v) is 35.7. The van der Waals surface area contributed by atoms with E-state index in [0.717, 1.165) is 67.9 Å². The molecule has 0 unspecified atom stereocenters. The second kappa shape index (κ2) is 18.9. The fraction of sp³-hybridized carbons (Fsp3) is 0.0698. The van der Waals surface area contributed by atoms with Gasteiger partial charge in [0.05, 0.1) is 51.7 Å². The van der Waals surface area contributed by atoms with Crippen LogP contribution in [0.15, 0.2) is 152 Å². The number of allylic oxidation sites excluding steroid dienone is 1. The van der Waals surface area contributed by atoms with Gasteiger partial charge in [0, 0.05) is 25.9 Å². The van der Waals surface area contributed by atoms with Crippen LogP contribution >= 0.6 is 24.1 Å². The van der Waals surface area contributed by atoms with Crippen molar-refractivity contribution in [1.82, 2.24) is 30.0 Å². The second-order valence-electron chi connectivity index (χ2n) is 13.7. The number of rotatable bonds is 12. The number of fused-ring (bicyclic) bond motifs is 6. The average Bonchev–Trinajstić information content (AvgIpc) is 3.93. The van der Waals surface area contributed by atoms with Crippen molar-refractivity contribution in [2.45, 2.75) is 35.5 Å². The van der Waals surface area contributed by atoms with Crippen LogP contribution in [0, 0.1) is 13.8 Å². The molecule has 7 aromatic carbocycles. The second-order valence-corrected chi connectivity index (χ2v) is 16.6. The van der Waals surface area contributed by atoms with Gasteiger partial charge in [-0.25, -0.2) is 10.5 Å². The Bertz CT molecular complexity index is 3300. The summed E-state index contributed by atoms with van der Waals surface area (Å²) >= 11 is 1.74. The molecule has 2 heterocycles. The van der Waals surface area contributed by atoms with E-state index in [1.54, 1.807) is 42.1 Å². The van der Waals surface area contributed by atoms with E-state index in [4.69, 9.17) is 10.5 Å². The van der Waals surface area contributed by atoms with Gasteiger partial charge in [0.1, 0.15) is 22.1 Å². The first-order valence-electron chi connectivity index (χ1n) is 18.7. The van der Waals surface area contributed by atoms with Crippen LogP contribution in [0.1, 0.15) is 23.6 Å². The van der Waals surface area contributed by atoms with Gasteiger partial charge < -0.3 is 0 Å². The molecule has 20 heteroatoms. The van der Waals surface area contributed by atoms with Crippen molar-refractivity contribution in [1.29, 1.82) is 0 Å². The number of aryl methyl sites for hydroxylation is 2. The highest BCUT2D eigenvalue weighted by Gasteiger charge is 2.16. The molecule has 0 saturated carbocycles. The average molecular weight is 903 g/mol. The predicted octanol–water partition coefficient (Wildman–Crippen LogP) is 11.3. The molecule has 318 valence electrons. The molecule has 0 radical (unpaired) electrons. The van der Waals surface area contributed by atoms with Gasteiger partial charge in [0.15, 0.2) is 0 Å². The van der Waals surface area contributed by atoms with Crippen molar-refractivity contribution in [2.75, 3.05) is 0 Å². The summed E-state index contributed by atoms with van der Waals surface area (Å²) in [5.74, 6) is 0. The first kappa shape index (κ1) is 43.2. The quantitative estimate of drug-likeness (QED) is 0.0341. The van der Waals surface area contributed by atoms with Crippen LogP contribution in [0.5, 0.6) is 0 Å². The fourth-order valence-electron chi connectivity index (χ4n) is 6.68. The maximum Gasteiger partial charge on any atom is 0.294 e. The zero-order valence-electron chi connectivity index (χ0n) is 33.3. The minimum atomic E-state index is -4.32. The van der Waals surface area contributed by atoms with Crippen LogP contribution < -0.4 is 0 Å². The Hall–Kier alpha value is -6.43. The van der Waals surface area contributed by atoms with Gasteiger partial charge in [-0.05, 0) is 97.9 Å². The lowest BCUT2D eigenvalue weighted by Crippen LogP contribution is -2.00. The first-order valence-corrected chi connectivity index (χ1v) is 21.7. The molecular formula is C43H34N8O9S3. The van der Waals surface area contributed by atoms with Crippen molar-refractivity contribution in [2.24, 2.45) is 10.2 Å². The SMILES string of the molecule is CC=Cc1ccc(-n2nc3cc(SOOO)c4ccccc4c3n2)cc1SOOO.Cc1ccc2c(ccc3nn(-c4ccc(N=Nc5ccc(C)c(S(=O)(=O)O)c5)cc4)nc32)c1. The zero-order chi connectivity index (χ0) is 44.1. The van der Waals surface area contributed by atoms with Crippen molar-refractivity contribution < 1.29 is 42.2 Å². The lowest BCUT2D eigenvalue weighted by Gasteiger charge is -2.06. The van der Waals surface area contributed by atoms with Gasteiger partial charge in [0.2, 0.25) is 0 Å². The monoisotopic (exact) mass is 902 g/mol. The van der Waals surface area contributed by atoms with Gasteiger partial charge in [-0.15, -0.1) is 29.1 Å². The molecule has 0 bridgehead atoms. The van der Waals surface area contributed by atoms with E-state index in [0.29, 0.717) is 43.4 Å². The van der Waals surface area contributed by atoms with Crippen LogP contribution in [0.25, 0.3) is 61.1 Å². The predicted molar refractivity (Wildman–Crippen MR) is 239 cm³/mol. The lowest BCUT2D eigenvalue weighted by atomic mass is 10.1. The van der Waals surface area contributed by atoms with Crippen molar-refractivity contribution in [3.05, 3.63) is 144 Å². The molecule has 0 atom stereocenters. The molecule has 0 fully saturated rings. The number of benzene rings is 7. The van der Waals surface area contributed by atoms with Gasteiger partial charge in [-0.2, -0.15) is 28.2 Å². The molecule has 0 spiro atoms. The third-order valence-corrected chi connectivity index (χ3v) is 11.9. The number of azo groups is 1.